The molecular weight excluding hydrogens is 508 g/mol. The van der Waals surface area contributed by atoms with Crippen molar-refractivity contribution < 1.29 is 38.5 Å². The van der Waals surface area contributed by atoms with Gasteiger partial charge in [0.15, 0.2) is 22.8 Å². The summed E-state index contributed by atoms with van der Waals surface area (Å²) in [7, 11) is 0. The highest BCUT2D eigenvalue weighted by Gasteiger charge is 2.79. The number of phenols is 1. The van der Waals surface area contributed by atoms with Crippen LogP contribution >= 0.6 is 0 Å². The van der Waals surface area contributed by atoms with Crippen LogP contribution in [0.4, 0.5) is 14.5 Å². The van der Waals surface area contributed by atoms with Crippen molar-refractivity contribution in [2.24, 2.45) is 28.6 Å². The van der Waals surface area contributed by atoms with Crippen LogP contribution in [-0.2, 0) is 14.4 Å². The predicted octanol–water partition coefficient (Wildman–Crippen LogP) is 3.24. The minimum Gasteiger partial charge on any atom is -0.508 e. The van der Waals surface area contributed by atoms with Gasteiger partial charge in [-0.25, -0.2) is 8.78 Å². The Kier molecular flexibility index (Phi) is 6.33. The fraction of sp³-hybridized carbons (Fsp3) is 0.533. The first-order chi connectivity index (χ1) is 18.4. The zero-order chi connectivity index (χ0) is 28.5. The lowest BCUT2D eigenvalue weighted by Crippen LogP contribution is -2.70. The van der Waals surface area contributed by atoms with E-state index in [1.54, 1.807) is 31.0 Å². The number of nitrogens with zero attached hydrogens (tertiary/aromatic N) is 1. The van der Waals surface area contributed by atoms with Gasteiger partial charge in [-0.2, -0.15) is 0 Å². The zero-order valence-electron chi connectivity index (χ0n) is 21.9. The number of aromatic hydroxyl groups is 1. The van der Waals surface area contributed by atoms with Crippen LogP contribution in [0, 0.1) is 41.4 Å². The summed E-state index contributed by atoms with van der Waals surface area (Å²) in [6, 6.07) is 6.29. The minimum absolute atomic E-state index is 0.0514. The number of allylic oxidation sites excluding steroid dienone is 4. The molecule has 1 unspecified atom stereocenters. The third kappa shape index (κ3) is 3.32. The van der Waals surface area contributed by atoms with Crippen molar-refractivity contribution in [2.45, 2.75) is 56.7 Å². The van der Waals surface area contributed by atoms with Gasteiger partial charge in [0.25, 0.3) is 0 Å². The first-order valence-electron chi connectivity index (χ1n) is 13.1. The first-order valence-corrected chi connectivity index (χ1v) is 13.1. The molecule has 9 atom stereocenters. The number of halogens is 2. The molecule has 1 aromatic carbocycles. The van der Waals surface area contributed by atoms with Gasteiger partial charge in [0.05, 0.1) is 18.3 Å². The molecule has 39 heavy (non-hydrogen) atoms. The second kappa shape index (κ2) is 8.98. The summed E-state index contributed by atoms with van der Waals surface area (Å²) < 4.78 is 33.0. The smallest absolute Gasteiger partial charge is 0.193 e. The number of rotatable bonds is 3. The van der Waals surface area contributed by atoms with E-state index in [0.29, 0.717) is 12.1 Å². The average Bonchev–Trinajstić information content (AvgIpc) is 3.41. The number of hydrogen-bond donors (Lipinski definition) is 3. The fourth-order valence-electron chi connectivity index (χ4n) is 8.64. The molecule has 1 aliphatic heterocycles. The normalized spacial score (nSPS) is 43.8. The molecule has 3 saturated carbocycles. The predicted molar refractivity (Wildman–Crippen MR) is 139 cm³/mol. The molecule has 0 bridgehead atoms. The number of alkyl halides is 2. The Labute approximate surface area is 226 Å². The number of carbonyl (C=O) groups is 2. The summed E-state index contributed by atoms with van der Waals surface area (Å²) in [5, 5.41) is 32.8. The van der Waals surface area contributed by atoms with Gasteiger partial charge >= 0.3 is 0 Å². The lowest BCUT2D eigenvalue weighted by Gasteiger charge is -2.63. The van der Waals surface area contributed by atoms with Crippen molar-refractivity contribution in [1.82, 2.24) is 0 Å². The van der Waals surface area contributed by atoms with Gasteiger partial charge in [0.2, 0.25) is 0 Å². The van der Waals surface area contributed by atoms with Crippen molar-refractivity contribution in [3.63, 3.8) is 0 Å². The number of benzene rings is 1. The Morgan fingerprint density at radius 1 is 1.18 bits per heavy atom. The lowest BCUT2D eigenvalue weighted by molar-refractivity contribution is -0.228. The molecule has 4 aliphatic carbocycles. The molecule has 208 valence electrons. The standard InChI is InChI=1S/C28H31F2NO6.C2H2/c1-25-8-7-18(34)10-21(25)22(29)11-20-19-9-15-13-31(16-3-5-17(33)6-4-16)37-28(15,24(36)14-32)26(19,2)12-23(35)27(20,25)30;1-2/h3-8,10,15,19-20,22-23,32-33,35H,9,11-14H2,1-2H3;1-2H/t15-,19?,20-,22-,23-,25-,26-,27-,28-;/m0./s1. The first kappa shape index (κ1) is 27.5. The number of aliphatic hydroxyl groups is 2. The largest absolute Gasteiger partial charge is 0.508 e. The van der Waals surface area contributed by atoms with Crippen LogP contribution in [0.2, 0.25) is 0 Å². The molecule has 0 aromatic heterocycles. The van der Waals surface area contributed by atoms with Crippen LogP contribution in [0.15, 0.2) is 48.1 Å². The van der Waals surface area contributed by atoms with E-state index in [0.717, 1.165) is 6.08 Å². The number of aliphatic hydroxyl groups excluding tert-OH is 2. The van der Waals surface area contributed by atoms with Crippen LogP contribution < -0.4 is 5.06 Å². The van der Waals surface area contributed by atoms with Gasteiger partial charge in [-0.05, 0) is 74.1 Å². The second-order valence-electron chi connectivity index (χ2n) is 11.8. The molecule has 1 aromatic rings. The number of carbonyl (C=O) groups excluding carboxylic acids is 2. The minimum atomic E-state index is -2.25. The number of phenolic OH excluding ortho intramolecular Hbond substituents is 1. The second-order valence-corrected chi connectivity index (χ2v) is 11.8. The van der Waals surface area contributed by atoms with Crippen LogP contribution in [0.5, 0.6) is 5.75 Å². The highest BCUT2D eigenvalue weighted by molar-refractivity contribution is 6.01. The van der Waals surface area contributed by atoms with Gasteiger partial charge in [0, 0.05) is 22.7 Å². The van der Waals surface area contributed by atoms with E-state index in [2.05, 4.69) is 12.8 Å². The summed E-state index contributed by atoms with van der Waals surface area (Å²) >= 11 is 0. The Morgan fingerprint density at radius 3 is 2.49 bits per heavy atom. The lowest BCUT2D eigenvalue weighted by atomic mass is 9.44. The molecule has 3 N–H and O–H groups in total. The molecule has 0 amide bonds. The maximum Gasteiger partial charge on any atom is 0.193 e. The van der Waals surface area contributed by atoms with Gasteiger partial charge < -0.3 is 15.3 Å². The van der Waals surface area contributed by atoms with Crippen LogP contribution in [0.1, 0.15) is 33.1 Å². The molecule has 0 radical (unpaired) electrons. The maximum absolute atomic E-state index is 17.4. The summed E-state index contributed by atoms with van der Waals surface area (Å²) in [6.45, 7) is 2.82. The number of fused-ring (bicyclic) bond motifs is 7. The van der Waals surface area contributed by atoms with E-state index in [-0.39, 0.29) is 30.7 Å². The van der Waals surface area contributed by atoms with E-state index >= 15 is 8.78 Å². The summed E-state index contributed by atoms with van der Waals surface area (Å²) in [4.78, 5) is 31.9. The summed E-state index contributed by atoms with van der Waals surface area (Å²) in [6.07, 6.45) is 8.66. The maximum atomic E-state index is 17.4. The number of hydroxylamine groups is 1. The number of hydrogen-bond acceptors (Lipinski definition) is 7. The molecule has 5 aliphatic rings. The Bertz CT molecular complexity index is 1280. The third-order valence-electron chi connectivity index (χ3n) is 10.3. The van der Waals surface area contributed by atoms with Crippen molar-refractivity contribution in [1.29, 1.82) is 0 Å². The number of ketones is 2. The van der Waals surface area contributed by atoms with E-state index in [9.17, 15) is 24.9 Å². The molecule has 4 fully saturated rings. The SMILES string of the molecule is C#C.C[C@]12C=CC(=O)C=C1[C@@H](F)C[C@H]1C3C[C@H]4CN(c5ccc(O)cc5)O[C@@]4(C(=O)CO)[C@@]3(C)C[C@H](O)[C@@]12F. The molecule has 0 spiro atoms. The summed E-state index contributed by atoms with van der Waals surface area (Å²) in [5.74, 6) is -2.76. The number of Topliss-reactive ketones (excluding diaryl/α,β-unsaturated/α-hetero) is 1. The van der Waals surface area contributed by atoms with E-state index in [1.807, 2.05) is 0 Å². The topological polar surface area (TPSA) is 107 Å². The summed E-state index contributed by atoms with van der Waals surface area (Å²) in [5.41, 5.74) is -5.72. The molecule has 9 heteroatoms. The Morgan fingerprint density at radius 2 is 1.85 bits per heavy atom. The van der Waals surface area contributed by atoms with Crippen LogP contribution in [0.25, 0.3) is 0 Å². The monoisotopic (exact) mass is 541 g/mol. The molecular formula is C30H33F2NO6. The van der Waals surface area contributed by atoms with Crippen molar-refractivity contribution in [3.8, 4) is 18.6 Å². The highest BCUT2D eigenvalue weighted by Crippen LogP contribution is 2.72. The quantitative estimate of drug-likeness (QED) is 0.505. The van der Waals surface area contributed by atoms with Gasteiger partial charge in [-0.15, -0.1) is 12.8 Å². The Hall–Kier alpha value is -3.06. The fourth-order valence-corrected chi connectivity index (χ4v) is 8.64. The van der Waals surface area contributed by atoms with Gasteiger partial charge in [-0.1, -0.05) is 13.0 Å². The molecule has 1 heterocycles. The van der Waals surface area contributed by atoms with Crippen molar-refractivity contribution in [3.05, 3.63) is 48.1 Å². The number of anilines is 1. The van der Waals surface area contributed by atoms with Crippen molar-refractivity contribution in [2.75, 3.05) is 18.2 Å². The molecule has 6 rings (SSSR count). The van der Waals surface area contributed by atoms with Crippen LogP contribution in [-0.4, -0.2) is 63.6 Å². The zero-order valence-corrected chi connectivity index (χ0v) is 21.9. The molecule has 7 nitrogen and oxygen atoms in total. The average molecular weight is 542 g/mol. The van der Waals surface area contributed by atoms with E-state index < -0.39 is 70.3 Å². The van der Waals surface area contributed by atoms with E-state index in [1.165, 1.54) is 24.3 Å². The van der Waals surface area contributed by atoms with Gasteiger partial charge in [0.1, 0.15) is 18.5 Å². The van der Waals surface area contributed by atoms with Gasteiger partial charge in [-0.3, -0.25) is 19.5 Å². The molecule has 1 saturated heterocycles. The van der Waals surface area contributed by atoms with Crippen molar-refractivity contribution >= 4 is 17.3 Å². The third-order valence-corrected chi connectivity index (χ3v) is 10.3. The number of terminal acetylenes is 1. The van der Waals surface area contributed by atoms with E-state index in [4.69, 9.17) is 4.84 Å². The Balaban J connectivity index is 0.00000151. The highest BCUT2D eigenvalue weighted by atomic mass is 19.1. The van der Waals surface area contributed by atoms with Crippen LogP contribution in [0.3, 0.4) is 0 Å².